The number of nitrogen functional groups attached to an aromatic ring is 1. The molecule has 0 spiro atoms. The summed E-state index contributed by atoms with van der Waals surface area (Å²) < 4.78 is 40.6. The number of nitrogens with one attached hydrogen (secondary N) is 1. The Bertz CT molecular complexity index is 748. The molecular weight excluding hydrogens is 371 g/mol. The van der Waals surface area contributed by atoms with Crippen LogP contribution in [-0.4, -0.2) is 8.42 Å². The summed E-state index contributed by atoms with van der Waals surface area (Å²) in [7, 11) is -4.04. The van der Waals surface area contributed by atoms with Gasteiger partial charge in [-0.05, 0) is 46.3 Å². The fourth-order valence-electron chi connectivity index (χ4n) is 1.53. The molecule has 2 aromatic carbocycles. The van der Waals surface area contributed by atoms with Crippen molar-refractivity contribution < 1.29 is 12.8 Å². The molecule has 0 saturated carbocycles. The Balaban J connectivity index is 2.49. The van der Waals surface area contributed by atoms with Gasteiger partial charge in [-0.1, -0.05) is 17.7 Å². The lowest BCUT2D eigenvalue weighted by Gasteiger charge is -2.12. The smallest absolute Gasteiger partial charge is 0.264 e. The molecule has 0 amide bonds. The normalized spacial score (nSPS) is 11.3. The summed E-state index contributed by atoms with van der Waals surface area (Å²) in [6, 6.07) is 8.15. The molecule has 4 nitrogen and oxygen atoms in total. The molecule has 0 saturated heterocycles. The van der Waals surface area contributed by atoms with Gasteiger partial charge < -0.3 is 5.73 Å². The fourth-order valence-corrected chi connectivity index (χ4v) is 3.58. The van der Waals surface area contributed by atoms with Crippen LogP contribution in [-0.2, 0) is 10.0 Å². The molecule has 0 aromatic heterocycles. The summed E-state index contributed by atoms with van der Waals surface area (Å²) in [5, 5.41) is 0.215. The minimum absolute atomic E-state index is 0.0226. The SMILES string of the molecule is Nc1ccc(Cl)cc1S(=O)(=O)Nc1c(F)cccc1Br. The van der Waals surface area contributed by atoms with E-state index < -0.39 is 15.8 Å². The third-order valence-corrected chi connectivity index (χ3v) is 4.77. The third-order valence-electron chi connectivity index (χ3n) is 2.46. The molecule has 0 atom stereocenters. The number of halogens is 3. The number of nitrogens with two attached hydrogens (primary N) is 1. The average molecular weight is 380 g/mol. The van der Waals surface area contributed by atoms with Crippen molar-refractivity contribution in [2.24, 2.45) is 0 Å². The fraction of sp³-hybridized carbons (Fsp3) is 0. The van der Waals surface area contributed by atoms with Crippen molar-refractivity contribution in [2.45, 2.75) is 4.90 Å². The number of sulfonamides is 1. The van der Waals surface area contributed by atoms with Crippen molar-refractivity contribution in [1.29, 1.82) is 0 Å². The molecule has 8 heteroatoms. The monoisotopic (exact) mass is 378 g/mol. The highest BCUT2D eigenvalue weighted by molar-refractivity contribution is 9.10. The van der Waals surface area contributed by atoms with Crippen molar-refractivity contribution in [3.63, 3.8) is 0 Å². The van der Waals surface area contributed by atoms with Gasteiger partial charge in [0.15, 0.2) is 0 Å². The van der Waals surface area contributed by atoms with Gasteiger partial charge in [0, 0.05) is 9.50 Å². The molecule has 0 aliphatic rings. The first kappa shape index (κ1) is 15.1. The van der Waals surface area contributed by atoms with Crippen LogP contribution in [0.25, 0.3) is 0 Å². The topological polar surface area (TPSA) is 72.2 Å². The van der Waals surface area contributed by atoms with E-state index in [2.05, 4.69) is 20.7 Å². The van der Waals surface area contributed by atoms with Gasteiger partial charge in [0.25, 0.3) is 10.0 Å². The number of rotatable bonds is 3. The summed E-state index contributed by atoms with van der Waals surface area (Å²) >= 11 is 8.84. The summed E-state index contributed by atoms with van der Waals surface area (Å²) in [5.74, 6) is -0.705. The Morgan fingerprint density at radius 3 is 2.60 bits per heavy atom. The van der Waals surface area contributed by atoms with Gasteiger partial charge >= 0.3 is 0 Å². The van der Waals surface area contributed by atoms with Crippen LogP contribution in [0.4, 0.5) is 15.8 Å². The molecule has 0 aliphatic heterocycles. The first-order chi connectivity index (χ1) is 9.31. The summed E-state index contributed by atoms with van der Waals surface area (Å²) in [4.78, 5) is -0.208. The molecule has 0 heterocycles. The lowest BCUT2D eigenvalue weighted by molar-refractivity contribution is 0.598. The number of anilines is 2. The zero-order chi connectivity index (χ0) is 14.9. The van der Waals surface area contributed by atoms with Gasteiger partial charge in [-0.15, -0.1) is 0 Å². The van der Waals surface area contributed by atoms with Crippen molar-refractivity contribution in [3.05, 3.63) is 51.7 Å². The Morgan fingerprint density at radius 1 is 1.25 bits per heavy atom. The predicted molar refractivity (Wildman–Crippen MR) is 80.8 cm³/mol. The van der Waals surface area contributed by atoms with Crippen LogP contribution < -0.4 is 10.5 Å². The van der Waals surface area contributed by atoms with Crippen LogP contribution in [0.5, 0.6) is 0 Å². The number of benzene rings is 2. The molecule has 2 aromatic rings. The predicted octanol–water partition coefficient (Wildman–Crippen LogP) is 3.62. The Hall–Kier alpha value is -1.31. The van der Waals surface area contributed by atoms with Crippen LogP contribution in [0, 0.1) is 5.82 Å². The minimum atomic E-state index is -4.04. The second kappa shape index (κ2) is 5.59. The largest absolute Gasteiger partial charge is 0.398 e. The van der Waals surface area contributed by atoms with Crippen LogP contribution in [0.2, 0.25) is 5.02 Å². The van der Waals surface area contributed by atoms with Gasteiger partial charge in [-0.25, -0.2) is 12.8 Å². The lowest BCUT2D eigenvalue weighted by atomic mass is 10.3. The van der Waals surface area contributed by atoms with E-state index in [1.807, 2.05) is 0 Å². The molecule has 0 radical (unpaired) electrons. The quantitative estimate of drug-likeness (QED) is 0.800. The van der Waals surface area contributed by atoms with E-state index in [9.17, 15) is 12.8 Å². The zero-order valence-electron chi connectivity index (χ0n) is 9.90. The van der Waals surface area contributed by atoms with Crippen LogP contribution in [0.1, 0.15) is 0 Å². The average Bonchev–Trinajstić information content (AvgIpc) is 2.37. The number of hydrogen-bond acceptors (Lipinski definition) is 3. The van der Waals surface area contributed by atoms with Crippen LogP contribution in [0.3, 0.4) is 0 Å². The van der Waals surface area contributed by atoms with E-state index in [0.29, 0.717) is 0 Å². The first-order valence-corrected chi connectivity index (χ1v) is 7.98. The van der Waals surface area contributed by atoms with Crippen molar-refractivity contribution in [1.82, 2.24) is 0 Å². The van der Waals surface area contributed by atoms with Gasteiger partial charge in [-0.3, -0.25) is 4.72 Å². The molecular formula is C12H9BrClFN2O2S. The van der Waals surface area contributed by atoms with E-state index in [1.54, 1.807) is 0 Å². The summed E-state index contributed by atoms with van der Waals surface area (Å²) in [6.45, 7) is 0. The number of hydrogen-bond donors (Lipinski definition) is 2. The van der Waals surface area contributed by atoms with E-state index >= 15 is 0 Å². The molecule has 0 bridgehead atoms. The zero-order valence-corrected chi connectivity index (χ0v) is 13.1. The maximum Gasteiger partial charge on any atom is 0.264 e. The molecule has 20 heavy (non-hydrogen) atoms. The minimum Gasteiger partial charge on any atom is -0.398 e. The highest BCUT2D eigenvalue weighted by Crippen LogP contribution is 2.30. The third kappa shape index (κ3) is 3.05. The van der Waals surface area contributed by atoms with Gasteiger partial charge in [0.1, 0.15) is 10.7 Å². The van der Waals surface area contributed by atoms with Crippen LogP contribution in [0.15, 0.2) is 45.8 Å². The van der Waals surface area contributed by atoms with E-state index in [1.165, 1.54) is 30.3 Å². The lowest BCUT2D eigenvalue weighted by Crippen LogP contribution is -2.16. The molecule has 106 valence electrons. The van der Waals surface area contributed by atoms with Crippen LogP contribution >= 0.6 is 27.5 Å². The van der Waals surface area contributed by atoms with Gasteiger partial charge in [0.2, 0.25) is 0 Å². The van der Waals surface area contributed by atoms with E-state index in [-0.39, 0.29) is 25.8 Å². The molecule has 2 rings (SSSR count). The Morgan fingerprint density at radius 2 is 1.95 bits per heavy atom. The maximum atomic E-state index is 13.7. The molecule has 0 unspecified atom stereocenters. The summed E-state index contributed by atoms with van der Waals surface area (Å²) in [5.41, 5.74) is 5.46. The standard InChI is InChI=1S/C12H9BrClFN2O2S/c13-8-2-1-3-9(15)12(8)17-20(18,19)11-6-7(14)4-5-10(11)16/h1-6,17H,16H2. The summed E-state index contributed by atoms with van der Waals surface area (Å²) in [6.07, 6.45) is 0. The Kier molecular flexibility index (Phi) is 4.22. The first-order valence-electron chi connectivity index (χ1n) is 5.33. The molecule has 0 aliphatic carbocycles. The second-order valence-electron chi connectivity index (χ2n) is 3.88. The maximum absolute atomic E-state index is 13.7. The van der Waals surface area contributed by atoms with Crippen molar-refractivity contribution in [2.75, 3.05) is 10.5 Å². The highest BCUT2D eigenvalue weighted by Gasteiger charge is 2.21. The van der Waals surface area contributed by atoms with Crippen molar-refractivity contribution in [3.8, 4) is 0 Å². The van der Waals surface area contributed by atoms with E-state index in [0.717, 1.165) is 6.07 Å². The highest BCUT2D eigenvalue weighted by atomic mass is 79.9. The van der Waals surface area contributed by atoms with Gasteiger partial charge in [0.05, 0.1) is 11.4 Å². The Labute approximate surface area is 128 Å². The van der Waals surface area contributed by atoms with Crippen molar-refractivity contribution >= 4 is 48.9 Å². The number of para-hydroxylation sites is 1. The second-order valence-corrected chi connectivity index (χ2v) is 6.83. The van der Waals surface area contributed by atoms with E-state index in [4.69, 9.17) is 17.3 Å². The molecule has 0 fully saturated rings. The molecule has 3 N–H and O–H groups in total. The van der Waals surface area contributed by atoms with Gasteiger partial charge in [-0.2, -0.15) is 0 Å².